The SMILES string of the molecule is CC[C@H]1O[C@H](OC)[C@@H](O)[C@@H](O)[C@@H]1O. The summed E-state index contributed by atoms with van der Waals surface area (Å²) in [7, 11) is 1.38. The van der Waals surface area contributed by atoms with Gasteiger partial charge in [-0.15, -0.1) is 0 Å². The Morgan fingerprint density at radius 2 is 1.77 bits per heavy atom. The number of rotatable bonds is 2. The highest BCUT2D eigenvalue weighted by Crippen LogP contribution is 2.23. The van der Waals surface area contributed by atoms with E-state index >= 15 is 0 Å². The first-order chi connectivity index (χ1) is 6.11. The number of hydrogen-bond acceptors (Lipinski definition) is 5. The number of hydrogen-bond donors (Lipinski definition) is 3. The monoisotopic (exact) mass is 192 g/mol. The summed E-state index contributed by atoms with van der Waals surface area (Å²) >= 11 is 0. The van der Waals surface area contributed by atoms with E-state index in [1.54, 1.807) is 0 Å². The molecule has 0 amide bonds. The van der Waals surface area contributed by atoms with Crippen LogP contribution in [0.15, 0.2) is 0 Å². The van der Waals surface area contributed by atoms with E-state index in [1.807, 2.05) is 6.92 Å². The van der Waals surface area contributed by atoms with Crippen LogP contribution < -0.4 is 0 Å². The standard InChI is InChI=1S/C8H16O5/c1-3-4-5(9)6(10)7(11)8(12-2)13-4/h4-11H,3H2,1-2H3/t4-,5-,6+,7+,8+/m1/s1. The lowest BCUT2D eigenvalue weighted by Crippen LogP contribution is -2.57. The third-order valence-electron chi connectivity index (χ3n) is 2.30. The highest BCUT2D eigenvalue weighted by molar-refractivity contribution is 4.88. The summed E-state index contributed by atoms with van der Waals surface area (Å²) in [6, 6.07) is 0. The van der Waals surface area contributed by atoms with Crippen molar-refractivity contribution in [2.45, 2.75) is 44.1 Å². The van der Waals surface area contributed by atoms with Crippen LogP contribution in [-0.4, -0.2) is 53.1 Å². The van der Waals surface area contributed by atoms with E-state index in [2.05, 4.69) is 0 Å². The molecule has 0 aromatic rings. The fraction of sp³-hybridized carbons (Fsp3) is 1.00. The van der Waals surface area contributed by atoms with Crippen LogP contribution in [0.3, 0.4) is 0 Å². The maximum absolute atomic E-state index is 9.43. The molecule has 1 rings (SSSR count). The van der Waals surface area contributed by atoms with Crippen LogP contribution in [0.2, 0.25) is 0 Å². The zero-order chi connectivity index (χ0) is 10.0. The number of ether oxygens (including phenoxy) is 2. The average Bonchev–Trinajstić information content (AvgIpc) is 2.15. The van der Waals surface area contributed by atoms with Crippen molar-refractivity contribution in [2.24, 2.45) is 0 Å². The fourth-order valence-electron chi connectivity index (χ4n) is 1.45. The van der Waals surface area contributed by atoms with Crippen molar-refractivity contribution in [3.8, 4) is 0 Å². The molecule has 0 aromatic heterocycles. The molecule has 1 heterocycles. The quantitative estimate of drug-likeness (QED) is 0.515. The molecule has 5 heteroatoms. The summed E-state index contributed by atoms with van der Waals surface area (Å²) in [5.74, 6) is 0. The fourth-order valence-corrected chi connectivity index (χ4v) is 1.45. The van der Waals surface area contributed by atoms with Gasteiger partial charge in [0.25, 0.3) is 0 Å². The molecule has 3 N–H and O–H groups in total. The molecular formula is C8H16O5. The third kappa shape index (κ3) is 2.00. The van der Waals surface area contributed by atoms with Gasteiger partial charge in [-0.25, -0.2) is 0 Å². The second-order valence-electron chi connectivity index (χ2n) is 3.16. The lowest BCUT2D eigenvalue weighted by Gasteiger charge is -2.39. The van der Waals surface area contributed by atoms with Crippen LogP contribution in [0.5, 0.6) is 0 Å². The Labute approximate surface area is 76.9 Å². The molecule has 1 aliphatic rings. The molecule has 1 fully saturated rings. The minimum atomic E-state index is -1.20. The zero-order valence-electron chi connectivity index (χ0n) is 7.75. The van der Waals surface area contributed by atoms with E-state index in [9.17, 15) is 15.3 Å². The van der Waals surface area contributed by atoms with Gasteiger partial charge in [0.05, 0.1) is 6.10 Å². The summed E-state index contributed by atoms with van der Waals surface area (Å²) in [4.78, 5) is 0. The molecule has 78 valence electrons. The van der Waals surface area contributed by atoms with E-state index in [0.717, 1.165) is 0 Å². The number of aliphatic hydroxyl groups excluding tert-OH is 3. The van der Waals surface area contributed by atoms with Gasteiger partial charge in [-0.1, -0.05) is 6.92 Å². The van der Waals surface area contributed by atoms with Gasteiger partial charge >= 0.3 is 0 Å². The van der Waals surface area contributed by atoms with E-state index in [0.29, 0.717) is 6.42 Å². The molecule has 5 nitrogen and oxygen atoms in total. The van der Waals surface area contributed by atoms with Crippen molar-refractivity contribution in [3.05, 3.63) is 0 Å². The molecule has 13 heavy (non-hydrogen) atoms. The minimum Gasteiger partial charge on any atom is -0.388 e. The average molecular weight is 192 g/mol. The zero-order valence-corrected chi connectivity index (χ0v) is 7.75. The summed E-state index contributed by atoms with van der Waals surface area (Å²) in [5, 5.41) is 28.2. The molecule has 0 aliphatic carbocycles. The van der Waals surface area contributed by atoms with E-state index in [-0.39, 0.29) is 0 Å². The first-order valence-corrected chi connectivity index (χ1v) is 4.34. The van der Waals surface area contributed by atoms with Crippen LogP contribution in [0.25, 0.3) is 0 Å². The molecular weight excluding hydrogens is 176 g/mol. The van der Waals surface area contributed by atoms with Crippen LogP contribution in [0.4, 0.5) is 0 Å². The Bertz CT molecular complexity index is 143. The smallest absolute Gasteiger partial charge is 0.186 e. The molecule has 1 saturated heterocycles. The van der Waals surface area contributed by atoms with Crippen LogP contribution in [0, 0.1) is 0 Å². The highest BCUT2D eigenvalue weighted by atomic mass is 16.7. The molecule has 0 aromatic carbocycles. The number of aliphatic hydroxyl groups is 3. The third-order valence-corrected chi connectivity index (χ3v) is 2.30. The van der Waals surface area contributed by atoms with E-state index < -0.39 is 30.7 Å². The maximum Gasteiger partial charge on any atom is 0.186 e. The molecule has 0 unspecified atom stereocenters. The van der Waals surface area contributed by atoms with Gasteiger partial charge in [-0.2, -0.15) is 0 Å². The Balaban J connectivity index is 2.66. The Kier molecular flexibility index (Phi) is 3.63. The molecule has 0 radical (unpaired) electrons. The normalized spacial score (nSPS) is 46.4. The van der Waals surface area contributed by atoms with Crippen molar-refractivity contribution >= 4 is 0 Å². The van der Waals surface area contributed by atoms with Crippen LogP contribution in [0.1, 0.15) is 13.3 Å². The van der Waals surface area contributed by atoms with Crippen molar-refractivity contribution < 1.29 is 24.8 Å². The molecule has 1 aliphatic heterocycles. The van der Waals surface area contributed by atoms with Gasteiger partial charge in [0, 0.05) is 7.11 Å². The largest absolute Gasteiger partial charge is 0.388 e. The summed E-state index contributed by atoms with van der Waals surface area (Å²) < 4.78 is 10.0. The molecule has 0 spiro atoms. The van der Waals surface area contributed by atoms with Crippen LogP contribution >= 0.6 is 0 Å². The predicted molar refractivity (Wildman–Crippen MR) is 44.0 cm³/mol. The van der Waals surface area contributed by atoms with Gasteiger partial charge < -0.3 is 24.8 Å². The first kappa shape index (κ1) is 10.9. The maximum atomic E-state index is 9.43. The summed E-state index contributed by atoms with van der Waals surface area (Å²) in [6.07, 6.45) is -4.23. The predicted octanol–water partition coefficient (Wildman–Crippen LogP) is -1.15. The van der Waals surface area contributed by atoms with Gasteiger partial charge in [-0.3, -0.25) is 0 Å². The second-order valence-corrected chi connectivity index (χ2v) is 3.16. The van der Waals surface area contributed by atoms with Gasteiger partial charge in [0.15, 0.2) is 6.29 Å². The molecule has 0 saturated carbocycles. The van der Waals surface area contributed by atoms with Crippen molar-refractivity contribution in [2.75, 3.05) is 7.11 Å². The second kappa shape index (κ2) is 4.34. The van der Waals surface area contributed by atoms with Gasteiger partial charge in [0.2, 0.25) is 0 Å². The first-order valence-electron chi connectivity index (χ1n) is 4.34. The topological polar surface area (TPSA) is 79.2 Å². The minimum absolute atomic E-state index is 0.483. The van der Waals surface area contributed by atoms with Crippen LogP contribution in [-0.2, 0) is 9.47 Å². The lowest BCUT2D eigenvalue weighted by molar-refractivity contribution is -0.290. The summed E-state index contributed by atoms with van der Waals surface area (Å²) in [6.45, 7) is 1.82. The van der Waals surface area contributed by atoms with Gasteiger partial charge in [-0.05, 0) is 6.42 Å². The van der Waals surface area contributed by atoms with E-state index in [4.69, 9.17) is 9.47 Å². The molecule has 5 atom stereocenters. The lowest BCUT2D eigenvalue weighted by atomic mass is 9.97. The van der Waals surface area contributed by atoms with Crippen molar-refractivity contribution in [1.29, 1.82) is 0 Å². The molecule has 0 bridgehead atoms. The summed E-state index contributed by atoms with van der Waals surface area (Å²) in [5.41, 5.74) is 0. The van der Waals surface area contributed by atoms with Crippen molar-refractivity contribution in [1.82, 2.24) is 0 Å². The van der Waals surface area contributed by atoms with Crippen molar-refractivity contribution in [3.63, 3.8) is 0 Å². The Hall–Kier alpha value is -0.200. The highest BCUT2D eigenvalue weighted by Gasteiger charge is 2.42. The van der Waals surface area contributed by atoms with Gasteiger partial charge in [0.1, 0.15) is 18.3 Å². The Morgan fingerprint density at radius 1 is 1.15 bits per heavy atom. The number of methoxy groups -OCH3 is 1. The van der Waals surface area contributed by atoms with E-state index in [1.165, 1.54) is 7.11 Å². The Morgan fingerprint density at radius 3 is 2.23 bits per heavy atom.